The maximum atomic E-state index is 12.2. The third kappa shape index (κ3) is 4.36. The average molecular weight is 381 g/mol. The summed E-state index contributed by atoms with van der Waals surface area (Å²) in [4.78, 5) is 32.5. The molecule has 0 aliphatic carbocycles. The van der Waals surface area contributed by atoms with Gasteiger partial charge in [0.05, 0.1) is 33.4 Å². The molecule has 28 heavy (non-hydrogen) atoms. The minimum atomic E-state index is -0.776. The second kappa shape index (κ2) is 8.08. The maximum absolute atomic E-state index is 12.2. The van der Waals surface area contributed by atoms with Gasteiger partial charge in [0.25, 0.3) is 17.3 Å². The maximum Gasteiger partial charge on any atom is 0.277 e. The van der Waals surface area contributed by atoms with Crippen LogP contribution in [0, 0.1) is 20.2 Å². The lowest BCUT2D eigenvalue weighted by atomic mass is 10.1. The monoisotopic (exact) mass is 381 g/mol. The Morgan fingerprint density at radius 2 is 1.68 bits per heavy atom. The zero-order valence-corrected chi connectivity index (χ0v) is 14.5. The van der Waals surface area contributed by atoms with Gasteiger partial charge in [-0.25, -0.2) is 4.68 Å². The number of nitro benzene ring substituents is 2. The van der Waals surface area contributed by atoms with Crippen molar-refractivity contribution >= 4 is 17.3 Å². The van der Waals surface area contributed by atoms with Crippen molar-refractivity contribution < 1.29 is 14.6 Å². The molecule has 1 amide bonds. The summed E-state index contributed by atoms with van der Waals surface area (Å²) in [5.74, 6) is -0.623. The second-order valence-electron chi connectivity index (χ2n) is 5.89. The third-order valence-electron chi connectivity index (χ3n) is 3.94. The van der Waals surface area contributed by atoms with Crippen molar-refractivity contribution in [3.05, 3.63) is 92.3 Å². The number of amides is 1. The molecule has 0 radical (unpaired) electrons. The Labute approximate surface area is 158 Å². The number of nitro groups is 2. The molecule has 1 heterocycles. The van der Waals surface area contributed by atoms with E-state index in [0.29, 0.717) is 6.42 Å². The summed E-state index contributed by atoms with van der Waals surface area (Å²) < 4.78 is 1.71. The van der Waals surface area contributed by atoms with Crippen LogP contribution in [0.25, 0.3) is 5.69 Å². The van der Waals surface area contributed by atoms with Gasteiger partial charge < -0.3 is 5.32 Å². The molecule has 1 N–H and O–H groups in total. The van der Waals surface area contributed by atoms with Crippen molar-refractivity contribution in [1.29, 1.82) is 0 Å². The van der Waals surface area contributed by atoms with Gasteiger partial charge in [-0.1, -0.05) is 18.2 Å². The van der Waals surface area contributed by atoms with Gasteiger partial charge in [-0.15, -0.1) is 0 Å². The van der Waals surface area contributed by atoms with E-state index in [9.17, 15) is 25.0 Å². The summed E-state index contributed by atoms with van der Waals surface area (Å²) >= 11 is 0. The highest BCUT2D eigenvalue weighted by molar-refractivity contribution is 5.95. The van der Waals surface area contributed by atoms with Gasteiger partial charge >= 0.3 is 0 Å². The molecule has 10 nitrogen and oxygen atoms in total. The highest BCUT2D eigenvalue weighted by atomic mass is 16.6. The van der Waals surface area contributed by atoms with Crippen molar-refractivity contribution in [3.8, 4) is 5.69 Å². The zero-order valence-electron chi connectivity index (χ0n) is 14.5. The number of aromatic nitrogens is 2. The Balaban J connectivity index is 1.64. The molecule has 0 aliphatic rings. The minimum Gasteiger partial charge on any atom is -0.352 e. The lowest BCUT2D eigenvalue weighted by Gasteiger charge is -2.05. The smallest absolute Gasteiger partial charge is 0.277 e. The molecule has 10 heteroatoms. The Bertz CT molecular complexity index is 1000. The topological polar surface area (TPSA) is 133 Å². The van der Waals surface area contributed by atoms with Gasteiger partial charge in [0.2, 0.25) is 0 Å². The molecule has 3 rings (SSSR count). The zero-order chi connectivity index (χ0) is 20.1. The first-order chi connectivity index (χ1) is 13.4. The van der Waals surface area contributed by atoms with Gasteiger partial charge in [-0.3, -0.25) is 25.0 Å². The molecule has 3 aromatic rings. The summed E-state index contributed by atoms with van der Waals surface area (Å²) in [6.07, 6.45) is 3.99. The molecule has 0 fully saturated rings. The highest BCUT2D eigenvalue weighted by Crippen LogP contribution is 2.22. The van der Waals surface area contributed by atoms with Crippen molar-refractivity contribution in [3.63, 3.8) is 0 Å². The summed E-state index contributed by atoms with van der Waals surface area (Å²) in [6.45, 7) is 0.246. The molecule has 2 aromatic carbocycles. The average Bonchev–Trinajstić information content (AvgIpc) is 3.17. The van der Waals surface area contributed by atoms with E-state index in [-0.39, 0.29) is 12.1 Å². The first-order valence-corrected chi connectivity index (χ1v) is 8.25. The van der Waals surface area contributed by atoms with E-state index >= 15 is 0 Å². The van der Waals surface area contributed by atoms with E-state index in [1.807, 2.05) is 36.5 Å². The molecule has 0 saturated carbocycles. The van der Waals surface area contributed by atoms with Gasteiger partial charge in [0.1, 0.15) is 0 Å². The van der Waals surface area contributed by atoms with Gasteiger partial charge in [-0.2, -0.15) is 5.10 Å². The van der Waals surface area contributed by atoms with Crippen LogP contribution in [0.15, 0.2) is 60.9 Å². The van der Waals surface area contributed by atoms with E-state index < -0.39 is 27.1 Å². The van der Waals surface area contributed by atoms with Crippen LogP contribution in [-0.4, -0.2) is 32.1 Å². The fourth-order valence-electron chi connectivity index (χ4n) is 2.57. The molecule has 142 valence electrons. The summed E-state index contributed by atoms with van der Waals surface area (Å²) in [7, 11) is 0. The number of nitrogens with one attached hydrogen (secondary N) is 1. The molecular weight excluding hydrogens is 366 g/mol. The second-order valence-corrected chi connectivity index (χ2v) is 5.89. The van der Waals surface area contributed by atoms with E-state index in [2.05, 4.69) is 10.4 Å². The number of nitrogens with zero attached hydrogens (tertiary/aromatic N) is 4. The van der Waals surface area contributed by atoms with E-state index in [1.54, 1.807) is 10.9 Å². The summed E-state index contributed by atoms with van der Waals surface area (Å²) in [6, 6.07) is 12.4. The Kier molecular flexibility index (Phi) is 5.40. The number of para-hydroxylation sites is 1. The van der Waals surface area contributed by atoms with E-state index in [1.165, 1.54) is 0 Å². The Morgan fingerprint density at radius 3 is 2.29 bits per heavy atom. The van der Waals surface area contributed by atoms with Crippen LogP contribution in [0.1, 0.15) is 15.9 Å². The van der Waals surface area contributed by atoms with E-state index in [0.717, 1.165) is 29.4 Å². The number of benzene rings is 2. The number of carbonyl (C=O) groups excluding carboxylic acids is 1. The molecule has 0 atom stereocenters. The fourth-order valence-corrected chi connectivity index (χ4v) is 2.57. The van der Waals surface area contributed by atoms with Crippen molar-refractivity contribution in [2.45, 2.75) is 6.42 Å². The van der Waals surface area contributed by atoms with Crippen LogP contribution in [-0.2, 0) is 6.42 Å². The Hall–Kier alpha value is -4.08. The molecule has 0 unspecified atom stereocenters. The molecule has 1 aromatic heterocycles. The Morgan fingerprint density at radius 1 is 1.04 bits per heavy atom. The highest BCUT2D eigenvalue weighted by Gasteiger charge is 2.19. The van der Waals surface area contributed by atoms with E-state index in [4.69, 9.17) is 0 Å². The molecule has 0 aliphatic heterocycles. The molecule has 0 spiro atoms. The normalized spacial score (nSPS) is 10.4. The first-order valence-electron chi connectivity index (χ1n) is 8.25. The SMILES string of the molecule is O=C(NCCc1cnn(-c2ccccc2)c1)c1cc([N+](=O)[O-])cc([N+](=O)[O-])c1. The third-order valence-corrected chi connectivity index (χ3v) is 3.94. The largest absolute Gasteiger partial charge is 0.352 e. The first kappa shape index (κ1) is 18.7. The number of non-ortho nitro benzene ring substituents is 2. The predicted octanol–water partition coefficient (Wildman–Crippen LogP) is 2.66. The van der Waals surface area contributed by atoms with Gasteiger partial charge in [0, 0.05) is 24.9 Å². The number of hydrogen-bond donors (Lipinski definition) is 1. The van der Waals surface area contributed by atoms with Crippen LogP contribution in [0.3, 0.4) is 0 Å². The van der Waals surface area contributed by atoms with Crippen molar-refractivity contribution in [2.24, 2.45) is 0 Å². The predicted molar refractivity (Wildman–Crippen MR) is 99.4 cm³/mol. The van der Waals surface area contributed by atoms with Crippen LogP contribution in [0.5, 0.6) is 0 Å². The molecule has 0 saturated heterocycles. The quantitative estimate of drug-likeness (QED) is 0.494. The molecular formula is C18H15N5O5. The number of hydrogen-bond acceptors (Lipinski definition) is 6. The fraction of sp³-hybridized carbons (Fsp3) is 0.111. The van der Waals surface area contributed by atoms with Gasteiger partial charge in [-0.05, 0) is 24.1 Å². The number of rotatable bonds is 7. The van der Waals surface area contributed by atoms with Crippen molar-refractivity contribution in [1.82, 2.24) is 15.1 Å². The van der Waals surface area contributed by atoms with Crippen molar-refractivity contribution in [2.75, 3.05) is 6.54 Å². The molecule has 0 bridgehead atoms. The minimum absolute atomic E-state index is 0.138. The van der Waals surface area contributed by atoms with Crippen LogP contribution < -0.4 is 5.32 Å². The standard InChI is InChI=1S/C18H15N5O5/c24-18(14-8-16(22(25)26)10-17(9-14)23(27)28)19-7-6-13-11-20-21(12-13)15-4-2-1-3-5-15/h1-5,8-12H,6-7H2,(H,19,24). The summed E-state index contributed by atoms with van der Waals surface area (Å²) in [5, 5.41) is 28.7. The number of carbonyl (C=O) groups is 1. The lowest BCUT2D eigenvalue weighted by molar-refractivity contribution is -0.394. The van der Waals surface area contributed by atoms with Crippen LogP contribution in [0.4, 0.5) is 11.4 Å². The summed E-state index contributed by atoms with van der Waals surface area (Å²) in [5.41, 5.74) is 0.628. The van der Waals surface area contributed by atoms with Crippen LogP contribution >= 0.6 is 0 Å². The van der Waals surface area contributed by atoms with Gasteiger partial charge in [0.15, 0.2) is 0 Å². The van der Waals surface area contributed by atoms with Crippen LogP contribution in [0.2, 0.25) is 0 Å². The lowest BCUT2D eigenvalue weighted by Crippen LogP contribution is -2.25.